The molecule has 12 atom stereocenters. The van der Waals surface area contributed by atoms with Crippen molar-refractivity contribution in [1.29, 1.82) is 0 Å². The summed E-state index contributed by atoms with van der Waals surface area (Å²) in [6.45, 7) is 2.74. The van der Waals surface area contributed by atoms with E-state index >= 15 is 0 Å². The molecule has 0 aromatic carbocycles. The molecule has 0 aliphatic carbocycles. The Hall–Kier alpha value is -2.57. The summed E-state index contributed by atoms with van der Waals surface area (Å²) >= 11 is 0. The van der Waals surface area contributed by atoms with Crippen LogP contribution in [0.2, 0.25) is 0 Å². The summed E-state index contributed by atoms with van der Waals surface area (Å²) < 4.78 is 22.7. The van der Waals surface area contributed by atoms with Crippen molar-refractivity contribution in [2.24, 2.45) is 0 Å². The van der Waals surface area contributed by atoms with E-state index in [1.54, 1.807) is 6.08 Å². The van der Waals surface area contributed by atoms with E-state index < -0.39 is 86.8 Å². The number of aliphatic hydroxyl groups is 8. The van der Waals surface area contributed by atoms with Gasteiger partial charge in [0.05, 0.1) is 32.0 Å². The first-order valence-electron chi connectivity index (χ1n) is 31.2. The van der Waals surface area contributed by atoms with Gasteiger partial charge in [0, 0.05) is 6.42 Å². The number of carbonyl (C=O) groups excluding carboxylic acids is 1. The molecule has 2 saturated heterocycles. The number of amides is 1. The Kier molecular flexibility index (Phi) is 45.0. The van der Waals surface area contributed by atoms with Crippen LogP contribution in [0.1, 0.15) is 232 Å². The molecular formula is C64H113NO13. The first-order chi connectivity index (χ1) is 38.1. The number of hydrogen-bond donors (Lipinski definition) is 9. The minimum atomic E-state index is -1.79. The maximum atomic E-state index is 13.3. The zero-order valence-electron chi connectivity index (χ0n) is 48.6. The van der Waals surface area contributed by atoms with Crippen molar-refractivity contribution in [2.75, 3.05) is 19.8 Å². The van der Waals surface area contributed by atoms with E-state index in [1.807, 2.05) is 6.08 Å². The highest BCUT2D eigenvalue weighted by molar-refractivity contribution is 5.76. The second kappa shape index (κ2) is 49.1. The first-order valence-corrected chi connectivity index (χ1v) is 31.2. The molecule has 0 radical (unpaired) electrons. The van der Waals surface area contributed by atoms with Gasteiger partial charge in [0.1, 0.15) is 48.8 Å². The van der Waals surface area contributed by atoms with E-state index in [2.05, 4.69) is 79.9 Å². The summed E-state index contributed by atoms with van der Waals surface area (Å²) in [7, 11) is 0. The Balaban J connectivity index is 1.71. The number of ether oxygens (including phenoxy) is 4. The highest BCUT2D eigenvalue weighted by atomic mass is 16.7. The lowest BCUT2D eigenvalue weighted by Crippen LogP contribution is -2.65. The number of aliphatic hydroxyl groups excluding tert-OH is 8. The Morgan fingerprint density at radius 1 is 0.462 bits per heavy atom. The minimum absolute atomic E-state index is 0.256. The van der Waals surface area contributed by atoms with Gasteiger partial charge in [-0.3, -0.25) is 4.79 Å². The predicted molar refractivity (Wildman–Crippen MR) is 313 cm³/mol. The van der Waals surface area contributed by atoms with Crippen molar-refractivity contribution in [1.82, 2.24) is 5.32 Å². The van der Waals surface area contributed by atoms with Crippen LogP contribution in [0.3, 0.4) is 0 Å². The van der Waals surface area contributed by atoms with Gasteiger partial charge >= 0.3 is 0 Å². The quantitative estimate of drug-likeness (QED) is 0.0204. The fourth-order valence-corrected chi connectivity index (χ4v) is 9.80. The van der Waals surface area contributed by atoms with Crippen LogP contribution in [0.5, 0.6) is 0 Å². The normalized spacial score (nSPS) is 25.1. The van der Waals surface area contributed by atoms with E-state index in [0.717, 1.165) is 57.8 Å². The molecule has 2 aliphatic heterocycles. The molecule has 2 rings (SSSR count). The molecule has 78 heavy (non-hydrogen) atoms. The van der Waals surface area contributed by atoms with Crippen molar-refractivity contribution in [3.05, 3.63) is 72.9 Å². The number of carbonyl (C=O) groups is 1. The van der Waals surface area contributed by atoms with Gasteiger partial charge in [-0.25, -0.2) is 0 Å². The third kappa shape index (κ3) is 34.0. The van der Waals surface area contributed by atoms with E-state index in [1.165, 1.54) is 141 Å². The molecule has 2 aliphatic rings. The monoisotopic (exact) mass is 1100 g/mol. The molecule has 1 amide bonds. The number of nitrogens with one attached hydrogen (secondary N) is 1. The fraction of sp³-hybridized carbons (Fsp3) is 0.797. The van der Waals surface area contributed by atoms with Crippen LogP contribution in [0.25, 0.3) is 0 Å². The second-order valence-electron chi connectivity index (χ2n) is 21.8. The van der Waals surface area contributed by atoms with Crippen LogP contribution in [0.4, 0.5) is 0 Å². The molecule has 0 aromatic rings. The van der Waals surface area contributed by atoms with Gasteiger partial charge in [0.15, 0.2) is 12.6 Å². The summed E-state index contributed by atoms with van der Waals surface area (Å²) in [6, 6.07) is -0.941. The topological polar surface area (TPSA) is 228 Å². The largest absolute Gasteiger partial charge is 0.394 e. The van der Waals surface area contributed by atoms with Crippen LogP contribution >= 0.6 is 0 Å². The number of unbranched alkanes of at least 4 members (excludes halogenated alkanes) is 26. The highest BCUT2D eigenvalue weighted by Gasteiger charge is 2.51. The zero-order chi connectivity index (χ0) is 56.7. The molecule has 12 unspecified atom stereocenters. The molecule has 9 N–H and O–H groups in total. The van der Waals surface area contributed by atoms with Crippen LogP contribution in [-0.2, 0) is 23.7 Å². The summed E-state index contributed by atoms with van der Waals surface area (Å²) in [5.41, 5.74) is 0. The Morgan fingerprint density at radius 3 is 1.35 bits per heavy atom. The summed E-state index contributed by atoms with van der Waals surface area (Å²) in [5, 5.41) is 87.1. The molecular weight excluding hydrogens is 991 g/mol. The Bertz CT molecular complexity index is 1580. The average Bonchev–Trinajstić information content (AvgIpc) is 3.47. The Morgan fingerprint density at radius 2 is 0.859 bits per heavy atom. The Labute approximate surface area is 472 Å². The van der Waals surface area contributed by atoms with E-state index in [9.17, 15) is 45.6 Å². The van der Waals surface area contributed by atoms with Gasteiger partial charge in [-0.05, 0) is 83.5 Å². The minimum Gasteiger partial charge on any atom is -0.394 e. The summed E-state index contributed by atoms with van der Waals surface area (Å²) in [5.74, 6) is -0.256. The van der Waals surface area contributed by atoms with Crippen molar-refractivity contribution in [3.8, 4) is 0 Å². The molecule has 0 bridgehead atoms. The van der Waals surface area contributed by atoms with Crippen LogP contribution in [0.15, 0.2) is 72.9 Å². The molecule has 2 fully saturated rings. The van der Waals surface area contributed by atoms with Crippen molar-refractivity contribution in [2.45, 2.75) is 306 Å². The lowest BCUT2D eigenvalue weighted by Gasteiger charge is -2.46. The molecule has 2 heterocycles. The lowest BCUT2D eigenvalue weighted by molar-refractivity contribution is -0.359. The van der Waals surface area contributed by atoms with Crippen LogP contribution in [-0.4, -0.2) is 140 Å². The van der Waals surface area contributed by atoms with E-state index in [0.29, 0.717) is 12.8 Å². The van der Waals surface area contributed by atoms with Crippen LogP contribution in [0, 0.1) is 0 Å². The van der Waals surface area contributed by atoms with Gasteiger partial charge in [0.25, 0.3) is 0 Å². The van der Waals surface area contributed by atoms with Gasteiger partial charge in [-0.15, -0.1) is 0 Å². The average molecular weight is 1100 g/mol. The standard InChI is InChI=1S/C64H113NO13/c1-3-5-7-9-11-13-15-17-19-20-21-22-23-24-25-26-27-28-29-30-31-32-34-36-38-40-42-44-46-48-56(69)65-52(53(68)47-45-43-41-39-37-35-33-18-16-14-12-10-8-6-4-2)51-75-63-61(74)59(72)62(55(50-67)77-63)78-64-60(73)58(71)57(70)54(49-66)76-64/h15-18,20-21,23-24,37,39,45,47,52-55,57-64,66-68,70-74H,3-14,19,22,25-36,38,40-44,46,48-51H2,1-2H3,(H,65,69)/b17-15-,18-16+,21-20-,24-23-,39-37+,47-45+. The molecule has 452 valence electrons. The first kappa shape index (κ1) is 71.5. The van der Waals surface area contributed by atoms with Gasteiger partial charge in [0.2, 0.25) is 5.91 Å². The summed E-state index contributed by atoms with van der Waals surface area (Å²) in [4.78, 5) is 13.3. The molecule has 14 nitrogen and oxygen atoms in total. The second-order valence-corrected chi connectivity index (χ2v) is 21.8. The van der Waals surface area contributed by atoms with Crippen LogP contribution < -0.4 is 5.32 Å². The van der Waals surface area contributed by atoms with E-state index in [4.69, 9.17) is 18.9 Å². The van der Waals surface area contributed by atoms with Crippen molar-refractivity contribution >= 4 is 5.91 Å². The maximum Gasteiger partial charge on any atom is 0.220 e. The summed E-state index contributed by atoms with van der Waals surface area (Å²) in [6.07, 6.45) is 48.1. The number of rotatable bonds is 49. The lowest BCUT2D eigenvalue weighted by atomic mass is 9.97. The maximum absolute atomic E-state index is 13.3. The number of hydrogen-bond acceptors (Lipinski definition) is 13. The fourth-order valence-electron chi connectivity index (χ4n) is 9.80. The molecule has 14 heteroatoms. The highest BCUT2D eigenvalue weighted by Crippen LogP contribution is 2.30. The van der Waals surface area contributed by atoms with Gasteiger partial charge in [-0.1, -0.05) is 215 Å². The van der Waals surface area contributed by atoms with Crippen molar-refractivity contribution < 1.29 is 64.6 Å². The number of allylic oxidation sites excluding steroid dienone is 11. The zero-order valence-corrected chi connectivity index (χ0v) is 48.6. The molecule has 0 saturated carbocycles. The molecule has 0 spiro atoms. The predicted octanol–water partition coefficient (Wildman–Crippen LogP) is 11.1. The van der Waals surface area contributed by atoms with E-state index in [-0.39, 0.29) is 18.9 Å². The SMILES string of the molecule is CCCCCCC/C=C\C/C=C\C/C=C\CCCCCCCCCCCCCCCCC(=O)NC(COC1OC(CO)C(OC2OC(CO)C(O)C(O)C2O)C(O)C1O)C(O)/C=C/CC/C=C/CC/C=C/CCCCCCC. The van der Waals surface area contributed by atoms with Crippen molar-refractivity contribution in [3.63, 3.8) is 0 Å². The third-order valence-corrected chi connectivity index (χ3v) is 14.8. The smallest absolute Gasteiger partial charge is 0.220 e. The molecule has 0 aromatic heterocycles. The van der Waals surface area contributed by atoms with Gasteiger partial charge < -0.3 is 65.1 Å². The van der Waals surface area contributed by atoms with Gasteiger partial charge in [-0.2, -0.15) is 0 Å². The third-order valence-electron chi connectivity index (χ3n) is 14.8.